The first-order valence-corrected chi connectivity index (χ1v) is 5.66. The van der Waals surface area contributed by atoms with Gasteiger partial charge in [0.1, 0.15) is 0 Å². The van der Waals surface area contributed by atoms with E-state index in [9.17, 15) is 0 Å². The standard InChI is InChI=1S/C11H12BrClN2/c1-2-3-4-11(15-14)9-7-8(12)5-6-10(9)13/h5-7,11,15H,4,14H2,1H3. The summed E-state index contributed by atoms with van der Waals surface area (Å²) in [6.45, 7) is 1.80. The summed E-state index contributed by atoms with van der Waals surface area (Å²) in [5, 5.41) is 0.694. The lowest BCUT2D eigenvalue weighted by atomic mass is 10.0. The van der Waals surface area contributed by atoms with Gasteiger partial charge in [0, 0.05) is 15.9 Å². The van der Waals surface area contributed by atoms with Crippen molar-refractivity contribution in [2.24, 2.45) is 5.84 Å². The Kier molecular flexibility index (Phi) is 5.13. The number of rotatable bonds is 3. The molecule has 0 radical (unpaired) electrons. The molecule has 1 atom stereocenters. The number of halogens is 2. The molecule has 1 aromatic rings. The molecule has 80 valence electrons. The summed E-state index contributed by atoms with van der Waals surface area (Å²) in [5.41, 5.74) is 3.67. The van der Waals surface area contributed by atoms with Gasteiger partial charge in [-0.3, -0.25) is 11.3 Å². The second-order valence-electron chi connectivity index (χ2n) is 3.02. The molecule has 1 unspecified atom stereocenters. The molecule has 0 aliphatic carbocycles. The molecule has 0 saturated heterocycles. The maximum absolute atomic E-state index is 6.08. The van der Waals surface area contributed by atoms with Crippen LogP contribution < -0.4 is 11.3 Å². The first kappa shape index (κ1) is 12.5. The van der Waals surface area contributed by atoms with Crippen LogP contribution in [0.4, 0.5) is 0 Å². The number of hydrazine groups is 1. The van der Waals surface area contributed by atoms with Crippen molar-refractivity contribution in [3.8, 4) is 11.8 Å². The Bertz CT molecular complexity index is 395. The molecular formula is C11H12BrClN2. The van der Waals surface area contributed by atoms with Crippen LogP contribution in [0, 0.1) is 11.8 Å². The van der Waals surface area contributed by atoms with Crippen LogP contribution >= 0.6 is 27.5 Å². The summed E-state index contributed by atoms with van der Waals surface area (Å²) in [5.74, 6) is 11.3. The summed E-state index contributed by atoms with van der Waals surface area (Å²) in [6.07, 6.45) is 0.642. The van der Waals surface area contributed by atoms with Crippen LogP contribution in [0.3, 0.4) is 0 Å². The third kappa shape index (κ3) is 3.51. The van der Waals surface area contributed by atoms with Crippen LogP contribution in [0.2, 0.25) is 5.02 Å². The minimum atomic E-state index is -0.0394. The third-order valence-corrected chi connectivity index (χ3v) is 2.86. The quantitative estimate of drug-likeness (QED) is 0.509. The van der Waals surface area contributed by atoms with Crippen molar-refractivity contribution in [2.45, 2.75) is 19.4 Å². The smallest absolute Gasteiger partial charge is 0.0584 e. The number of hydrogen-bond acceptors (Lipinski definition) is 2. The van der Waals surface area contributed by atoms with Gasteiger partial charge in [-0.05, 0) is 30.7 Å². The Labute approximate surface area is 103 Å². The van der Waals surface area contributed by atoms with Gasteiger partial charge in [0.2, 0.25) is 0 Å². The van der Waals surface area contributed by atoms with Crippen LogP contribution in [0.5, 0.6) is 0 Å². The summed E-state index contributed by atoms with van der Waals surface area (Å²) >= 11 is 9.48. The summed E-state index contributed by atoms with van der Waals surface area (Å²) in [7, 11) is 0. The topological polar surface area (TPSA) is 38.0 Å². The highest BCUT2D eigenvalue weighted by molar-refractivity contribution is 9.10. The Morgan fingerprint density at radius 1 is 1.60 bits per heavy atom. The minimum absolute atomic E-state index is 0.0394. The van der Waals surface area contributed by atoms with E-state index < -0.39 is 0 Å². The first-order valence-electron chi connectivity index (χ1n) is 4.49. The molecule has 0 spiro atoms. The molecule has 1 aromatic carbocycles. The van der Waals surface area contributed by atoms with Gasteiger partial charge >= 0.3 is 0 Å². The zero-order valence-corrected chi connectivity index (χ0v) is 10.7. The van der Waals surface area contributed by atoms with Crippen molar-refractivity contribution in [3.05, 3.63) is 33.3 Å². The van der Waals surface area contributed by atoms with Crippen LogP contribution in [0.15, 0.2) is 22.7 Å². The maximum atomic E-state index is 6.08. The molecule has 3 N–H and O–H groups in total. The Morgan fingerprint density at radius 2 is 2.33 bits per heavy atom. The summed E-state index contributed by atoms with van der Waals surface area (Å²) in [6, 6.07) is 5.64. The average molecular weight is 288 g/mol. The van der Waals surface area contributed by atoms with Gasteiger partial charge in [-0.15, -0.1) is 11.8 Å². The molecule has 0 saturated carbocycles. The summed E-state index contributed by atoms with van der Waals surface area (Å²) in [4.78, 5) is 0. The average Bonchev–Trinajstić information content (AvgIpc) is 2.24. The molecule has 15 heavy (non-hydrogen) atoms. The van der Waals surface area contributed by atoms with E-state index in [0.29, 0.717) is 11.4 Å². The van der Waals surface area contributed by atoms with Gasteiger partial charge in [-0.2, -0.15) is 0 Å². The van der Waals surface area contributed by atoms with Crippen LogP contribution in [0.25, 0.3) is 0 Å². The lowest BCUT2D eigenvalue weighted by molar-refractivity contribution is 0.568. The Balaban J connectivity index is 2.98. The van der Waals surface area contributed by atoms with E-state index in [1.165, 1.54) is 0 Å². The van der Waals surface area contributed by atoms with Crippen molar-refractivity contribution in [1.29, 1.82) is 0 Å². The maximum Gasteiger partial charge on any atom is 0.0584 e. The zero-order valence-electron chi connectivity index (χ0n) is 8.35. The van der Waals surface area contributed by atoms with Gasteiger partial charge in [-0.25, -0.2) is 0 Å². The van der Waals surface area contributed by atoms with Gasteiger partial charge in [0.15, 0.2) is 0 Å². The number of benzene rings is 1. The van der Waals surface area contributed by atoms with Crippen LogP contribution in [-0.4, -0.2) is 0 Å². The second kappa shape index (κ2) is 6.14. The molecular weight excluding hydrogens is 275 g/mol. The molecule has 2 nitrogen and oxygen atoms in total. The van der Waals surface area contributed by atoms with E-state index in [1.54, 1.807) is 6.92 Å². The highest BCUT2D eigenvalue weighted by Gasteiger charge is 2.12. The third-order valence-electron chi connectivity index (χ3n) is 2.02. The molecule has 4 heteroatoms. The Morgan fingerprint density at radius 3 is 2.93 bits per heavy atom. The fourth-order valence-electron chi connectivity index (χ4n) is 1.24. The van der Waals surface area contributed by atoms with Crippen molar-refractivity contribution in [1.82, 2.24) is 5.43 Å². The van der Waals surface area contributed by atoms with Crippen LogP contribution in [0.1, 0.15) is 24.9 Å². The van der Waals surface area contributed by atoms with E-state index in [0.717, 1.165) is 10.0 Å². The van der Waals surface area contributed by atoms with Crippen molar-refractivity contribution >= 4 is 27.5 Å². The van der Waals surface area contributed by atoms with Gasteiger partial charge in [0.05, 0.1) is 6.04 Å². The van der Waals surface area contributed by atoms with E-state index in [4.69, 9.17) is 17.4 Å². The molecule has 0 bridgehead atoms. The number of hydrogen-bond donors (Lipinski definition) is 2. The molecule has 0 aliphatic rings. The van der Waals surface area contributed by atoms with Crippen molar-refractivity contribution in [3.63, 3.8) is 0 Å². The van der Waals surface area contributed by atoms with Crippen molar-refractivity contribution < 1.29 is 0 Å². The van der Waals surface area contributed by atoms with Crippen LogP contribution in [-0.2, 0) is 0 Å². The number of nitrogens with two attached hydrogens (primary N) is 1. The highest BCUT2D eigenvalue weighted by atomic mass is 79.9. The second-order valence-corrected chi connectivity index (χ2v) is 4.34. The first-order chi connectivity index (χ1) is 7.19. The summed E-state index contributed by atoms with van der Waals surface area (Å²) < 4.78 is 0.978. The predicted octanol–water partition coefficient (Wildman–Crippen LogP) is 3.02. The largest absolute Gasteiger partial charge is 0.271 e. The van der Waals surface area contributed by atoms with Gasteiger partial charge in [-0.1, -0.05) is 27.5 Å². The fourth-order valence-corrected chi connectivity index (χ4v) is 1.87. The Hall–Kier alpha value is -0.530. The van der Waals surface area contributed by atoms with Gasteiger partial charge in [0.25, 0.3) is 0 Å². The van der Waals surface area contributed by atoms with Gasteiger partial charge < -0.3 is 0 Å². The van der Waals surface area contributed by atoms with E-state index in [2.05, 4.69) is 33.2 Å². The minimum Gasteiger partial charge on any atom is -0.271 e. The predicted molar refractivity (Wildman–Crippen MR) is 67.3 cm³/mol. The van der Waals surface area contributed by atoms with E-state index in [-0.39, 0.29) is 6.04 Å². The normalized spacial score (nSPS) is 11.7. The molecule has 0 fully saturated rings. The monoisotopic (exact) mass is 286 g/mol. The molecule has 1 rings (SSSR count). The lowest BCUT2D eigenvalue weighted by Gasteiger charge is -2.15. The number of nitrogens with one attached hydrogen (secondary N) is 1. The molecule has 0 aliphatic heterocycles. The fraction of sp³-hybridized carbons (Fsp3) is 0.273. The zero-order chi connectivity index (χ0) is 11.3. The van der Waals surface area contributed by atoms with Crippen molar-refractivity contribution in [2.75, 3.05) is 0 Å². The SMILES string of the molecule is CC#CCC(NN)c1cc(Br)ccc1Cl. The molecule has 0 aromatic heterocycles. The highest BCUT2D eigenvalue weighted by Crippen LogP contribution is 2.27. The lowest BCUT2D eigenvalue weighted by Crippen LogP contribution is -2.27. The van der Waals surface area contributed by atoms with E-state index in [1.807, 2.05) is 18.2 Å². The van der Waals surface area contributed by atoms with E-state index >= 15 is 0 Å². The molecule has 0 amide bonds. The molecule has 0 heterocycles.